The Morgan fingerprint density at radius 3 is 3.07 bits per heavy atom. The Kier molecular flexibility index (Phi) is 1.37. The van der Waals surface area contributed by atoms with E-state index in [1.165, 1.54) is 18.5 Å². The van der Waals surface area contributed by atoms with E-state index in [-0.39, 0.29) is 5.41 Å². The first-order chi connectivity index (χ1) is 6.77. The summed E-state index contributed by atoms with van der Waals surface area (Å²) in [5, 5.41) is 0. The second-order valence-electron chi connectivity index (χ2n) is 4.09. The van der Waals surface area contributed by atoms with E-state index in [0.29, 0.717) is 12.4 Å². The van der Waals surface area contributed by atoms with Gasteiger partial charge in [0, 0.05) is 18.2 Å². The molecule has 1 saturated carbocycles. The van der Waals surface area contributed by atoms with Gasteiger partial charge in [-0.1, -0.05) is 0 Å². The third-order valence-corrected chi connectivity index (χ3v) is 3.18. The molecule has 0 unspecified atom stereocenters. The molecular formula is C10H13N3O. The fourth-order valence-corrected chi connectivity index (χ4v) is 2.22. The van der Waals surface area contributed by atoms with Gasteiger partial charge in [0.2, 0.25) is 0 Å². The first kappa shape index (κ1) is 8.05. The third-order valence-electron chi connectivity index (χ3n) is 3.18. The maximum atomic E-state index is 5.82. The van der Waals surface area contributed by atoms with Gasteiger partial charge < -0.3 is 10.2 Å². The minimum atomic E-state index is 0.174. The van der Waals surface area contributed by atoms with E-state index in [4.69, 9.17) is 10.2 Å². The van der Waals surface area contributed by atoms with Gasteiger partial charge in [-0.2, -0.15) is 4.98 Å². The van der Waals surface area contributed by atoms with Crippen LogP contribution in [0.5, 0.6) is 0 Å². The summed E-state index contributed by atoms with van der Waals surface area (Å²) in [6.07, 6.45) is 5.92. The van der Waals surface area contributed by atoms with E-state index in [1.807, 2.05) is 17.5 Å². The average molecular weight is 191 g/mol. The monoisotopic (exact) mass is 191 g/mol. The maximum absolute atomic E-state index is 5.82. The molecule has 3 rings (SSSR count). The summed E-state index contributed by atoms with van der Waals surface area (Å²) in [6.45, 7) is 2.72. The molecule has 0 saturated heterocycles. The van der Waals surface area contributed by atoms with Gasteiger partial charge in [-0.15, -0.1) is 0 Å². The summed E-state index contributed by atoms with van der Waals surface area (Å²) >= 11 is 0. The largest absolute Gasteiger partial charge is 0.432 e. The van der Waals surface area contributed by atoms with Crippen LogP contribution in [0.4, 0.5) is 0 Å². The number of hydrogen-bond acceptors (Lipinski definition) is 3. The second-order valence-corrected chi connectivity index (χ2v) is 4.09. The quantitative estimate of drug-likeness (QED) is 0.776. The number of rotatable bonds is 2. The van der Waals surface area contributed by atoms with Crippen molar-refractivity contribution in [1.29, 1.82) is 0 Å². The molecule has 2 aromatic heterocycles. The van der Waals surface area contributed by atoms with Crippen LogP contribution in [-0.4, -0.2) is 15.9 Å². The van der Waals surface area contributed by atoms with Crippen LogP contribution >= 0.6 is 0 Å². The number of nitrogens with zero attached hydrogens (tertiary/aromatic N) is 2. The van der Waals surface area contributed by atoms with Crippen molar-refractivity contribution < 1.29 is 4.42 Å². The molecule has 2 aromatic rings. The number of nitrogens with two attached hydrogens (primary N) is 1. The SMILES string of the molecule is Cc1nc2occn2c1C1(CN)CC1. The summed E-state index contributed by atoms with van der Waals surface area (Å²) in [5.74, 6) is 0.678. The number of hydrogen-bond donors (Lipinski definition) is 1. The van der Waals surface area contributed by atoms with Crippen molar-refractivity contribution in [2.24, 2.45) is 5.73 Å². The van der Waals surface area contributed by atoms with Crippen LogP contribution in [0, 0.1) is 6.92 Å². The van der Waals surface area contributed by atoms with E-state index in [1.54, 1.807) is 6.26 Å². The van der Waals surface area contributed by atoms with E-state index < -0.39 is 0 Å². The molecule has 0 bridgehead atoms. The summed E-state index contributed by atoms with van der Waals surface area (Å²) in [4.78, 5) is 4.37. The van der Waals surface area contributed by atoms with Crippen molar-refractivity contribution in [2.75, 3.05) is 6.54 Å². The molecular weight excluding hydrogens is 178 g/mol. The minimum absolute atomic E-state index is 0.174. The highest BCUT2D eigenvalue weighted by atomic mass is 16.3. The Hall–Kier alpha value is -1.29. The zero-order valence-electron chi connectivity index (χ0n) is 8.16. The van der Waals surface area contributed by atoms with Gasteiger partial charge >= 0.3 is 5.84 Å². The van der Waals surface area contributed by atoms with Gasteiger partial charge in [0.25, 0.3) is 0 Å². The summed E-state index contributed by atoms with van der Waals surface area (Å²) in [5.41, 5.74) is 8.28. The molecule has 1 fully saturated rings. The topological polar surface area (TPSA) is 56.5 Å². The summed E-state index contributed by atoms with van der Waals surface area (Å²) in [7, 11) is 0. The highest BCUT2D eigenvalue weighted by Crippen LogP contribution is 2.48. The molecule has 1 aliphatic carbocycles. The average Bonchev–Trinajstić information content (AvgIpc) is 2.71. The van der Waals surface area contributed by atoms with Gasteiger partial charge in [0.05, 0.1) is 11.4 Å². The molecule has 14 heavy (non-hydrogen) atoms. The van der Waals surface area contributed by atoms with Gasteiger partial charge in [0.15, 0.2) is 0 Å². The highest BCUT2D eigenvalue weighted by molar-refractivity contribution is 5.40. The van der Waals surface area contributed by atoms with Gasteiger partial charge in [-0.05, 0) is 19.8 Å². The van der Waals surface area contributed by atoms with Crippen molar-refractivity contribution in [3.05, 3.63) is 23.8 Å². The Morgan fingerprint density at radius 2 is 2.43 bits per heavy atom. The molecule has 2 heterocycles. The Morgan fingerprint density at radius 1 is 1.64 bits per heavy atom. The van der Waals surface area contributed by atoms with E-state index in [9.17, 15) is 0 Å². The van der Waals surface area contributed by atoms with Crippen molar-refractivity contribution >= 4 is 5.84 Å². The Labute approximate surface area is 81.7 Å². The predicted octanol–water partition coefficient (Wildman–Crippen LogP) is 1.23. The van der Waals surface area contributed by atoms with E-state index in [2.05, 4.69) is 4.98 Å². The molecule has 0 spiro atoms. The zero-order chi connectivity index (χ0) is 9.76. The zero-order valence-corrected chi connectivity index (χ0v) is 8.16. The molecule has 2 N–H and O–H groups in total. The summed E-state index contributed by atoms with van der Waals surface area (Å²) < 4.78 is 7.28. The van der Waals surface area contributed by atoms with E-state index in [0.717, 1.165) is 5.69 Å². The van der Waals surface area contributed by atoms with E-state index >= 15 is 0 Å². The van der Waals surface area contributed by atoms with Crippen LogP contribution in [0.2, 0.25) is 0 Å². The number of aryl methyl sites for hydroxylation is 1. The van der Waals surface area contributed by atoms with Gasteiger partial charge in [0.1, 0.15) is 6.26 Å². The molecule has 0 aliphatic heterocycles. The van der Waals surface area contributed by atoms with Gasteiger partial charge in [-0.3, -0.25) is 4.40 Å². The molecule has 0 atom stereocenters. The maximum Gasteiger partial charge on any atom is 0.306 e. The molecule has 0 radical (unpaired) electrons. The predicted molar refractivity (Wildman–Crippen MR) is 52.2 cm³/mol. The molecule has 0 amide bonds. The van der Waals surface area contributed by atoms with Crippen molar-refractivity contribution in [2.45, 2.75) is 25.2 Å². The van der Waals surface area contributed by atoms with Crippen molar-refractivity contribution in [1.82, 2.24) is 9.38 Å². The van der Waals surface area contributed by atoms with Crippen LogP contribution in [0.15, 0.2) is 16.9 Å². The minimum Gasteiger partial charge on any atom is -0.432 e. The number of aromatic nitrogens is 2. The normalized spacial score (nSPS) is 19.0. The lowest BCUT2D eigenvalue weighted by Crippen LogP contribution is -2.22. The fraction of sp³-hybridized carbons (Fsp3) is 0.500. The van der Waals surface area contributed by atoms with Crippen LogP contribution in [-0.2, 0) is 5.41 Å². The molecule has 74 valence electrons. The lowest BCUT2D eigenvalue weighted by Gasteiger charge is -2.11. The van der Waals surface area contributed by atoms with Crippen molar-refractivity contribution in [3.8, 4) is 0 Å². The van der Waals surface area contributed by atoms with Crippen LogP contribution in [0.1, 0.15) is 24.2 Å². The first-order valence-corrected chi connectivity index (χ1v) is 4.89. The Bertz CT molecular complexity index is 478. The first-order valence-electron chi connectivity index (χ1n) is 4.89. The second kappa shape index (κ2) is 2.39. The third kappa shape index (κ3) is 0.838. The number of imidazole rings is 1. The molecule has 4 heteroatoms. The highest BCUT2D eigenvalue weighted by Gasteiger charge is 2.46. The lowest BCUT2D eigenvalue weighted by atomic mass is 10.0. The van der Waals surface area contributed by atoms with Crippen LogP contribution < -0.4 is 5.73 Å². The summed E-state index contributed by atoms with van der Waals surface area (Å²) in [6, 6.07) is 0. The molecule has 4 nitrogen and oxygen atoms in total. The Balaban J connectivity index is 2.28. The van der Waals surface area contributed by atoms with Crippen LogP contribution in [0.25, 0.3) is 5.84 Å². The lowest BCUT2D eigenvalue weighted by molar-refractivity contribution is 0.593. The van der Waals surface area contributed by atoms with Crippen molar-refractivity contribution in [3.63, 3.8) is 0 Å². The molecule has 0 aromatic carbocycles. The number of fused-ring (bicyclic) bond motifs is 1. The fourth-order valence-electron chi connectivity index (χ4n) is 2.22. The smallest absolute Gasteiger partial charge is 0.306 e. The van der Waals surface area contributed by atoms with Crippen LogP contribution in [0.3, 0.4) is 0 Å². The number of oxazole rings is 1. The van der Waals surface area contributed by atoms with Gasteiger partial charge in [-0.25, -0.2) is 0 Å². The molecule has 1 aliphatic rings. The standard InChI is InChI=1S/C10H13N3O/c1-7-8(10(6-11)2-3-10)13-4-5-14-9(13)12-7/h4-5H,2-3,6,11H2,1H3.